The minimum atomic E-state index is -0.0206. The molecule has 0 aliphatic carbocycles. The van der Waals surface area contributed by atoms with Crippen molar-refractivity contribution in [1.29, 1.82) is 0 Å². The summed E-state index contributed by atoms with van der Waals surface area (Å²) >= 11 is 0. The van der Waals surface area contributed by atoms with Crippen LogP contribution in [0.2, 0.25) is 0 Å². The molecule has 1 spiro atoms. The van der Waals surface area contributed by atoms with Crippen LogP contribution in [-0.4, -0.2) is 66.0 Å². The van der Waals surface area contributed by atoms with Crippen LogP contribution in [0.3, 0.4) is 0 Å². The summed E-state index contributed by atoms with van der Waals surface area (Å²) in [6.07, 6.45) is 10.4. The predicted molar refractivity (Wildman–Crippen MR) is 104 cm³/mol. The van der Waals surface area contributed by atoms with Crippen molar-refractivity contribution < 1.29 is 9.59 Å². The van der Waals surface area contributed by atoms with E-state index in [9.17, 15) is 9.59 Å². The molecule has 2 aliphatic heterocycles. The second-order valence-electron chi connectivity index (χ2n) is 8.23. The summed E-state index contributed by atoms with van der Waals surface area (Å²) in [5.74, 6) is 0.306. The van der Waals surface area contributed by atoms with Crippen LogP contribution in [0.5, 0.6) is 0 Å². The molecule has 1 atom stereocenters. The number of carbonyl (C=O) groups excluding carboxylic acids is 2. The zero-order valence-corrected chi connectivity index (χ0v) is 16.8. The molecule has 2 amide bonds. The fraction of sp³-hybridized carbons (Fsp3) is 0.600. The average molecular weight is 397 g/mol. The molecule has 4 rings (SSSR count). The van der Waals surface area contributed by atoms with E-state index < -0.39 is 0 Å². The van der Waals surface area contributed by atoms with E-state index in [0.29, 0.717) is 39.0 Å². The number of carbonyl (C=O) groups is 2. The molecular formula is C20H27N7O2. The van der Waals surface area contributed by atoms with Crippen LogP contribution < -0.4 is 0 Å². The van der Waals surface area contributed by atoms with Crippen LogP contribution in [0.25, 0.3) is 0 Å². The van der Waals surface area contributed by atoms with Crippen LogP contribution in [0, 0.1) is 12.3 Å². The molecule has 0 saturated carbocycles. The SMILES string of the molecule is Cc1cnc(CN2CC3(CCCN(C(=O)CCn4cncn4)C3)CCC2=O)cn1. The van der Waals surface area contributed by atoms with Gasteiger partial charge in [0.25, 0.3) is 0 Å². The average Bonchev–Trinajstić information content (AvgIpc) is 3.25. The molecule has 9 heteroatoms. The highest BCUT2D eigenvalue weighted by atomic mass is 16.2. The first-order chi connectivity index (χ1) is 14.0. The van der Waals surface area contributed by atoms with E-state index in [1.807, 2.05) is 16.7 Å². The van der Waals surface area contributed by atoms with Crippen LogP contribution in [0.15, 0.2) is 25.0 Å². The molecule has 4 heterocycles. The molecule has 9 nitrogen and oxygen atoms in total. The molecule has 2 aliphatic rings. The van der Waals surface area contributed by atoms with E-state index in [0.717, 1.165) is 37.2 Å². The summed E-state index contributed by atoms with van der Waals surface area (Å²) < 4.78 is 1.68. The van der Waals surface area contributed by atoms with Crippen molar-refractivity contribution in [3.05, 3.63) is 36.4 Å². The van der Waals surface area contributed by atoms with Gasteiger partial charge in [-0.1, -0.05) is 0 Å². The lowest BCUT2D eigenvalue weighted by molar-refractivity contribution is -0.143. The van der Waals surface area contributed by atoms with Gasteiger partial charge in [-0.15, -0.1) is 0 Å². The summed E-state index contributed by atoms with van der Waals surface area (Å²) in [7, 11) is 0. The first-order valence-electron chi connectivity index (χ1n) is 10.2. The highest BCUT2D eigenvalue weighted by Gasteiger charge is 2.42. The van der Waals surface area contributed by atoms with Crippen molar-refractivity contribution >= 4 is 11.8 Å². The molecule has 2 saturated heterocycles. The van der Waals surface area contributed by atoms with Gasteiger partial charge in [-0.25, -0.2) is 4.98 Å². The maximum atomic E-state index is 12.8. The maximum absolute atomic E-state index is 12.8. The lowest BCUT2D eigenvalue weighted by atomic mass is 9.73. The van der Waals surface area contributed by atoms with E-state index in [-0.39, 0.29) is 17.2 Å². The number of amides is 2. The summed E-state index contributed by atoms with van der Waals surface area (Å²) in [6.45, 7) is 5.09. The number of piperidine rings is 2. The van der Waals surface area contributed by atoms with Crippen molar-refractivity contribution in [1.82, 2.24) is 34.5 Å². The van der Waals surface area contributed by atoms with Crippen molar-refractivity contribution in [3.8, 4) is 0 Å². The zero-order chi connectivity index (χ0) is 20.3. The third kappa shape index (κ3) is 4.60. The van der Waals surface area contributed by atoms with Crippen LogP contribution >= 0.6 is 0 Å². The Bertz CT molecular complexity index is 852. The molecule has 0 N–H and O–H groups in total. The molecule has 2 aromatic heterocycles. The van der Waals surface area contributed by atoms with Gasteiger partial charge in [0.15, 0.2) is 0 Å². The van der Waals surface area contributed by atoms with Crippen molar-refractivity contribution in [2.45, 2.75) is 52.1 Å². The third-order valence-corrected chi connectivity index (χ3v) is 5.97. The quantitative estimate of drug-likeness (QED) is 0.752. The van der Waals surface area contributed by atoms with Crippen molar-refractivity contribution in [2.75, 3.05) is 19.6 Å². The lowest BCUT2D eigenvalue weighted by Crippen LogP contribution is -2.54. The minimum Gasteiger partial charge on any atom is -0.342 e. The molecule has 0 bridgehead atoms. The number of hydrogen-bond donors (Lipinski definition) is 0. The number of aromatic nitrogens is 5. The number of aryl methyl sites for hydroxylation is 2. The summed E-state index contributed by atoms with van der Waals surface area (Å²) in [5, 5.41) is 4.06. The Morgan fingerprint density at radius 1 is 1.21 bits per heavy atom. The van der Waals surface area contributed by atoms with Crippen LogP contribution in [0.1, 0.15) is 43.5 Å². The van der Waals surface area contributed by atoms with Crippen molar-refractivity contribution in [2.24, 2.45) is 5.41 Å². The Balaban J connectivity index is 1.39. The van der Waals surface area contributed by atoms with Gasteiger partial charge in [0.05, 0.1) is 30.7 Å². The van der Waals surface area contributed by atoms with Gasteiger partial charge < -0.3 is 9.80 Å². The molecule has 154 valence electrons. The molecule has 0 radical (unpaired) electrons. The van der Waals surface area contributed by atoms with Crippen LogP contribution in [0.4, 0.5) is 0 Å². The second-order valence-corrected chi connectivity index (χ2v) is 8.23. The number of likely N-dealkylation sites (tertiary alicyclic amines) is 2. The fourth-order valence-electron chi connectivity index (χ4n) is 4.41. The van der Waals surface area contributed by atoms with Gasteiger partial charge in [0.2, 0.25) is 11.8 Å². The van der Waals surface area contributed by atoms with E-state index >= 15 is 0 Å². The number of nitrogens with zero attached hydrogens (tertiary/aromatic N) is 7. The first kappa shape index (κ1) is 19.5. The van der Waals surface area contributed by atoms with Crippen LogP contribution in [-0.2, 0) is 22.7 Å². The molecule has 2 aromatic rings. The van der Waals surface area contributed by atoms with E-state index in [4.69, 9.17) is 0 Å². The highest BCUT2D eigenvalue weighted by Crippen LogP contribution is 2.39. The topological polar surface area (TPSA) is 97.1 Å². The normalized spacial score (nSPS) is 22.3. The summed E-state index contributed by atoms with van der Waals surface area (Å²) in [6, 6.07) is 0. The molecule has 0 aromatic carbocycles. The highest BCUT2D eigenvalue weighted by molar-refractivity contribution is 5.78. The monoisotopic (exact) mass is 397 g/mol. The van der Waals surface area contributed by atoms with Gasteiger partial charge in [-0.3, -0.25) is 24.2 Å². The molecule has 29 heavy (non-hydrogen) atoms. The summed E-state index contributed by atoms with van der Waals surface area (Å²) in [4.78, 5) is 41.7. The van der Waals surface area contributed by atoms with E-state index in [1.54, 1.807) is 23.4 Å². The largest absolute Gasteiger partial charge is 0.342 e. The van der Waals surface area contributed by atoms with Gasteiger partial charge in [-0.05, 0) is 26.2 Å². The zero-order valence-electron chi connectivity index (χ0n) is 16.8. The van der Waals surface area contributed by atoms with Gasteiger partial charge in [0.1, 0.15) is 12.7 Å². The predicted octanol–water partition coefficient (Wildman–Crippen LogP) is 1.20. The number of rotatable bonds is 5. The maximum Gasteiger partial charge on any atom is 0.224 e. The standard InChI is InChI=1S/C20H27N7O2/c1-16-9-23-17(10-22-16)11-26-13-20(6-3-18(26)28)5-2-7-25(12-20)19(29)4-8-27-15-21-14-24-27/h9-10,14-15H,2-8,11-13H2,1H3. The Labute approximate surface area is 170 Å². The Morgan fingerprint density at radius 2 is 2.10 bits per heavy atom. The fourth-order valence-corrected chi connectivity index (χ4v) is 4.41. The molecule has 2 fully saturated rings. The minimum absolute atomic E-state index is 0.0206. The smallest absolute Gasteiger partial charge is 0.224 e. The molecular weight excluding hydrogens is 370 g/mol. The Morgan fingerprint density at radius 3 is 2.86 bits per heavy atom. The van der Waals surface area contributed by atoms with Gasteiger partial charge in [0, 0.05) is 44.1 Å². The lowest BCUT2D eigenvalue weighted by Gasteiger charge is -2.48. The Hall–Kier alpha value is -2.84. The number of hydrogen-bond acceptors (Lipinski definition) is 6. The molecule has 1 unspecified atom stereocenters. The van der Waals surface area contributed by atoms with Gasteiger partial charge >= 0.3 is 0 Å². The second kappa shape index (κ2) is 8.26. The Kier molecular flexibility index (Phi) is 5.55. The van der Waals surface area contributed by atoms with Crippen molar-refractivity contribution in [3.63, 3.8) is 0 Å². The third-order valence-electron chi connectivity index (χ3n) is 5.97. The van der Waals surface area contributed by atoms with E-state index in [1.165, 1.54) is 6.33 Å². The summed E-state index contributed by atoms with van der Waals surface area (Å²) in [5.41, 5.74) is 1.65. The van der Waals surface area contributed by atoms with E-state index in [2.05, 4.69) is 20.1 Å². The van der Waals surface area contributed by atoms with Gasteiger partial charge in [-0.2, -0.15) is 5.10 Å². The first-order valence-corrected chi connectivity index (χ1v) is 10.2.